The van der Waals surface area contributed by atoms with E-state index in [1.807, 2.05) is 0 Å². The number of aryl methyl sites for hydroxylation is 2. The quantitative estimate of drug-likeness (QED) is 0.447. The Hall–Kier alpha value is -1.64. The molecule has 1 aliphatic carbocycles. The van der Waals surface area contributed by atoms with Crippen LogP contribution < -0.4 is 10.6 Å². The van der Waals surface area contributed by atoms with Gasteiger partial charge in [-0.25, -0.2) is 0 Å². The van der Waals surface area contributed by atoms with Gasteiger partial charge in [-0.05, 0) is 30.4 Å². The molecule has 2 N–H and O–H groups in total. The van der Waals surface area contributed by atoms with Crippen LogP contribution in [0, 0.1) is 6.92 Å². The third-order valence-corrected chi connectivity index (χ3v) is 3.89. The highest BCUT2D eigenvalue weighted by molar-refractivity contribution is 14.0. The second-order valence-corrected chi connectivity index (χ2v) is 5.51. The van der Waals surface area contributed by atoms with E-state index in [4.69, 9.17) is 4.52 Å². The van der Waals surface area contributed by atoms with Crippen molar-refractivity contribution in [1.29, 1.82) is 0 Å². The van der Waals surface area contributed by atoms with Gasteiger partial charge in [-0.15, -0.1) is 24.0 Å². The van der Waals surface area contributed by atoms with Crippen LogP contribution in [0.5, 0.6) is 0 Å². The molecule has 23 heavy (non-hydrogen) atoms. The summed E-state index contributed by atoms with van der Waals surface area (Å²) in [6.07, 6.45) is 3.24. The Bertz CT molecular complexity index is 670. The Kier molecular flexibility index (Phi) is 6.37. The zero-order valence-corrected chi connectivity index (χ0v) is 15.7. The highest BCUT2D eigenvalue weighted by Crippen LogP contribution is 2.20. The van der Waals surface area contributed by atoms with Gasteiger partial charge in [0.1, 0.15) is 0 Å². The molecule has 1 aromatic carbocycles. The van der Waals surface area contributed by atoms with Crippen LogP contribution in [0.1, 0.15) is 29.3 Å². The molecule has 7 heteroatoms. The number of aromatic nitrogens is 2. The Morgan fingerprint density at radius 3 is 2.83 bits per heavy atom. The predicted octanol–water partition coefficient (Wildman–Crippen LogP) is 2.22. The molecule has 0 aliphatic heterocycles. The maximum absolute atomic E-state index is 4.96. The van der Waals surface area contributed by atoms with E-state index in [2.05, 4.69) is 50.0 Å². The average Bonchev–Trinajstić information content (AvgIpc) is 2.96. The Balaban J connectivity index is 0.00000192. The van der Waals surface area contributed by atoms with E-state index in [-0.39, 0.29) is 24.0 Å². The molecule has 0 amide bonds. The lowest BCUT2D eigenvalue weighted by Crippen LogP contribution is -2.45. The van der Waals surface area contributed by atoms with Crippen molar-refractivity contribution in [3.05, 3.63) is 47.1 Å². The SMILES string of the molecule is CN=C(NCc1noc(C)n1)NC1CCc2ccccc2C1.I. The van der Waals surface area contributed by atoms with Gasteiger partial charge in [0.25, 0.3) is 0 Å². The van der Waals surface area contributed by atoms with Crippen LogP contribution in [0.4, 0.5) is 0 Å². The van der Waals surface area contributed by atoms with Crippen LogP contribution in [0.25, 0.3) is 0 Å². The lowest BCUT2D eigenvalue weighted by Gasteiger charge is -2.26. The minimum atomic E-state index is 0. The summed E-state index contributed by atoms with van der Waals surface area (Å²) in [5, 5.41) is 10.6. The maximum atomic E-state index is 4.96. The highest BCUT2D eigenvalue weighted by Gasteiger charge is 2.19. The molecule has 124 valence electrons. The molecule has 1 unspecified atom stereocenters. The van der Waals surface area contributed by atoms with Crippen molar-refractivity contribution in [2.24, 2.45) is 4.99 Å². The molecule has 0 saturated carbocycles. The van der Waals surface area contributed by atoms with E-state index >= 15 is 0 Å². The molecule has 1 aromatic heterocycles. The predicted molar refractivity (Wildman–Crippen MR) is 100 cm³/mol. The molecule has 0 bridgehead atoms. The van der Waals surface area contributed by atoms with E-state index in [0.29, 0.717) is 24.3 Å². The third-order valence-electron chi connectivity index (χ3n) is 3.89. The lowest BCUT2D eigenvalue weighted by molar-refractivity contribution is 0.386. The molecule has 0 spiro atoms. The first-order valence-electron chi connectivity index (χ1n) is 7.58. The summed E-state index contributed by atoms with van der Waals surface area (Å²) < 4.78 is 4.96. The summed E-state index contributed by atoms with van der Waals surface area (Å²) in [5.41, 5.74) is 2.89. The van der Waals surface area contributed by atoms with Crippen molar-refractivity contribution >= 4 is 29.9 Å². The monoisotopic (exact) mass is 427 g/mol. The molecule has 1 heterocycles. The maximum Gasteiger partial charge on any atom is 0.223 e. The van der Waals surface area contributed by atoms with Crippen molar-refractivity contribution < 1.29 is 4.52 Å². The number of nitrogens with one attached hydrogen (secondary N) is 2. The van der Waals surface area contributed by atoms with Crippen LogP contribution in [0.3, 0.4) is 0 Å². The summed E-state index contributed by atoms with van der Waals surface area (Å²) in [7, 11) is 1.77. The van der Waals surface area contributed by atoms with Gasteiger partial charge in [0.2, 0.25) is 5.89 Å². The van der Waals surface area contributed by atoms with E-state index < -0.39 is 0 Å². The number of hydrogen-bond donors (Lipinski definition) is 2. The molecule has 0 fully saturated rings. The van der Waals surface area contributed by atoms with E-state index in [1.165, 1.54) is 11.1 Å². The minimum absolute atomic E-state index is 0. The Morgan fingerprint density at radius 1 is 1.35 bits per heavy atom. The number of aliphatic imine (C=N–C) groups is 1. The number of benzene rings is 1. The number of nitrogens with zero attached hydrogens (tertiary/aromatic N) is 3. The summed E-state index contributed by atoms with van der Waals surface area (Å²) in [4.78, 5) is 8.44. The van der Waals surface area contributed by atoms with Gasteiger partial charge >= 0.3 is 0 Å². The Labute approximate surface area is 153 Å². The Morgan fingerprint density at radius 2 is 2.13 bits per heavy atom. The molecule has 2 aromatic rings. The smallest absolute Gasteiger partial charge is 0.223 e. The fraction of sp³-hybridized carbons (Fsp3) is 0.438. The zero-order chi connectivity index (χ0) is 15.4. The number of hydrogen-bond acceptors (Lipinski definition) is 4. The number of halogens is 1. The van der Waals surface area contributed by atoms with Gasteiger partial charge < -0.3 is 15.2 Å². The number of guanidine groups is 1. The van der Waals surface area contributed by atoms with E-state index in [1.54, 1.807) is 14.0 Å². The highest BCUT2D eigenvalue weighted by atomic mass is 127. The van der Waals surface area contributed by atoms with Gasteiger partial charge in [0, 0.05) is 20.0 Å². The fourth-order valence-electron chi connectivity index (χ4n) is 2.78. The molecule has 3 rings (SSSR count). The van der Waals surface area contributed by atoms with Crippen LogP contribution in [-0.2, 0) is 19.4 Å². The molecule has 0 saturated heterocycles. The topological polar surface area (TPSA) is 75.3 Å². The van der Waals surface area contributed by atoms with Gasteiger partial charge in [-0.2, -0.15) is 4.98 Å². The molecule has 1 aliphatic rings. The van der Waals surface area contributed by atoms with Crippen LogP contribution in [0.2, 0.25) is 0 Å². The van der Waals surface area contributed by atoms with Crippen LogP contribution in [-0.4, -0.2) is 29.2 Å². The van der Waals surface area contributed by atoms with Gasteiger partial charge in [0.05, 0.1) is 6.54 Å². The van der Waals surface area contributed by atoms with Crippen molar-refractivity contribution in [2.75, 3.05) is 7.05 Å². The molecular weight excluding hydrogens is 405 g/mol. The zero-order valence-electron chi connectivity index (χ0n) is 13.4. The summed E-state index contributed by atoms with van der Waals surface area (Å²) >= 11 is 0. The fourth-order valence-corrected chi connectivity index (χ4v) is 2.78. The molecule has 1 atom stereocenters. The normalized spacial score (nSPS) is 17.1. The molecular formula is C16H22IN5O. The van der Waals surface area contributed by atoms with Gasteiger partial charge in [-0.3, -0.25) is 4.99 Å². The van der Waals surface area contributed by atoms with Gasteiger partial charge in [0.15, 0.2) is 11.8 Å². The van der Waals surface area contributed by atoms with Crippen molar-refractivity contribution in [1.82, 2.24) is 20.8 Å². The summed E-state index contributed by atoms with van der Waals surface area (Å²) in [6, 6.07) is 9.04. The van der Waals surface area contributed by atoms with E-state index in [9.17, 15) is 0 Å². The van der Waals surface area contributed by atoms with E-state index in [0.717, 1.165) is 25.2 Å². The summed E-state index contributed by atoms with van der Waals surface area (Å²) in [6.45, 7) is 2.28. The number of rotatable bonds is 3. The number of fused-ring (bicyclic) bond motifs is 1. The molecule has 6 nitrogen and oxygen atoms in total. The third kappa shape index (κ3) is 4.66. The first-order valence-corrected chi connectivity index (χ1v) is 7.58. The van der Waals surface area contributed by atoms with Crippen LogP contribution in [0.15, 0.2) is 33.8 Å². The van der Waals surface area contributed by atoms with Crippen LogP contribution >= 0.6 is 24.0 Å². The second kappa shape index (κ2) is 8.28. The summed E-state index contributed by atoms with van der Waals surface area (Å²) in [5.74, 6) is 1.98. The standard InChI is InChI=1S/C16H21N5O.HI/c1-11-19-15(21-22-11)10-18-16(17-2)20-14-8-7-12-5-3-4-6-13(12)9-14;/h3-6,14H,7-10H2,1-2H3,(H2,17,18,20);1H. The minimum Gasteiger partial charge on any atom is -0.353 e. The first-order chi connectivity index (χ1) is 10.7. The second-order valence-electron chi connectivity index (χ2n) is 5.51. The van der Waals surface area contributed by atoms with Crippen molar-refractivity contribution in [2.45, 2.75) is 38.8 Å². The van der Waals surface area contributed by atoms with Gasteiger partial charge in [-0.1, -0.05) is 29.4 Å². The lowest BCUT2D eigenvalue weighted by atomic mass is 9.88. The largest absolute Gasteiger partial charge is 0.353 e. The average molecular weight is 427 g/mol. The molecule has 0 radical (unpaired) electrons. The first kappa shape index (κ1) is 17.7. The van der Waals surface area contributed by atoms with Crippen molar-refractivity contribution in [3.63, 3.8) is 0 Å². The van der Waals surface area contributed by atoms with Crippen molar-refractivity contribution in [3.8, 4) is 0 Å².